The van der Waals surface area contributed by atoms with E-state index in [4.69, 9.17) is 0 Å². The fraction of sp³-hybridized carbons (Fsp3) is 0.615. The number of rotatable bonds is 6. The summed E-state index contributed by atoms with van der Waals surface area (Å²) in [5, 5.41) is 9.88. The molecule has 2 nitrogen and oxygen atoms in total. The van der Waals surface area contributed by atoms with E-state index in [0.29, 0.717) is 5.92 Å². The highest BCUT2D eigenvalue weighted by Crippen LogP contribution is 2.15. The van der Waals surface area contributed by atoms with Crippen molar-refractivity contribution in [2.45, 2.75) is 45.6 Å². The molecule has 2 heteroatoms. The second-order valence-electron chi connectivity index (χ2n) is 4.34. The molecule has 2 atom stereocenters. The van der Waals surface area contributed by atoms with Gasteiger partial charge in [-0.3, -0.25) is 4.98 Å². The van der Waals surface area contributed by atoms with Gasteiger partial charge in [0.15, 0.2) is 0 Å². The van der Waals surface area contributed by atoms with E-state index in [1.165, 1.54) is 18.4 Å². The molecule has 15 heavy (non-hydrogen) atoms. The first kappa shape index (κ1) is 12.2. The molecule has 2 unspecified atom stereocenters. The van der Waals surface area contributed by atoms with Crippen LogP contribution in [0.5, 0.6) is 0 Å². The minimum Gasteiger partial charge on any atom is -0.393 e. The molecule has 1 rings (SSSR count). The Morgan fingerprint density at radius 2 is 2.00 bits per heavy atom. The van der Waals surface area contributed by atoms with Gasteiger partial charge in [-0.25, -0.2) is 0 Å². The van der Waals surface area contributed by atoms with Gasteiger partial charge in [0.1, 0.15) is 0 Å². The normalized spacial score (nSPS) is 14.9. The summed E-state index contributed by atoms with van der Waals surface area (Å²) in [6.45, 7) is 4.39. The van der Waals surface area contributed by atoms with Crippen LogP contribution in [0.4, 0.5) is 0 Å². The Morgan fingerprint density at radius 1 is 1.33 bits per heavy atom. The smallest absolute Gasteiger partial charge is 0.0583 e. The Kier molecular flexibility index (Phi) is 5.33. The molecule has 84 valence electrons. The van der Waals surface area contributed by atoms with Gasteiger partial charge in [-0.05, 0) is 36.5 Å². The van der Waals surface area contributed by atoms with Crippen molar-refractivity contribution in [3.8, 4) is 0 Å². The second-order valence-corrected chi connectivity index (χ2v) is 4.34. The van der Waals surface area contributed by atoms with Gasteiger partial charge in [0.25, 0.3) is 0 Å². The third kappa shape index (κ3) is 4.93. The topological polar surface area (TPSA) is 33.1 Å². The maximum atomic E-state index is 9.88. The Labute approximate surface area is 92.4 Å². The SMILES string of the molecule is CCCC(C)CC(O)Cc1ccncc1. The van der Waals surface area contributed by atoms with E-state index in [1.54, 1.807) is 12.4 Å². The molecular weight excluding hydrogens is 186 g/mol. The number of aliphatic hydroxyl groups is 1. The summed E-state index contributed by atoms with van der Waals surface area (Å²) in [5.74, 6) is 0.617. The van der Waals surface area contributed by atoms with E-state index in [2.05, 4.69) is 18.8 Å². The lowest BCUT2D eigenvalue weighted by Gasteiger charge is -2.15. The standard InChI is InChI=1S/C13H21NO/c1-3-4-11(2)9-13(15)10-12-5-7-14-8-6-12/h5-8,11,13,15H,3-4,9-10H2,1-2H3. The number of aromatic nitrogens is 1. The van der Waals surface area contributed by atoms with Crippen molar-refractivity contribution in [1.29, 1.82) is 0 Å². The molecule has 1 aromatic rings. The predicted octanol–water partition coefficient (Wildman–Crippen LogP) is 2.81. The molecule has 0 fully saturated rings. The summed E-state index contributed by atoms with van der Waals surface area (Å²) in [5.41, 5.74) is 1.17. The molecule has 0 bridgehead atoms. The van der Waals surface area contributed by atoms with Crippen molar-refractivity contribution in [3.63, 3.8) is 0 Å². The maximum absolute atomic E-state index is 9.88. The molecule has 0 aliphatic carbocycles. The highest BCUT2D eigenvalue weighted by molar-refractivity contribution is 5.10. The molecular formula is C13H21NO. The number of hydrogen-bond donors (Lipinski definition) is 1. The molecule has 1 heterocycles. The molecule has 0 spiro atoms. The van der Waals surface area contributed by atoms with Gasteiger partial charge in [0.05, 0.1) is 6.10 Å². The highest BCUT2D eigenvalue weighted by Gasteiger charge is 2.10. The van der Waals surface area contributed by atoms with Crippen LogP contribution in [0.1, 0.15) is 38.7 Å². The minimum absolute atomic E-state index is 0.214. The molecule has 0 saturated carbocycles. The molecule has 0 aliphatic heterocycles. The Hall–Kier alpha value is -0.890. The Morgan fingerprint density at radius 3 is 2.60 bits per heavy atom. The number of hydrogen-bond acceptors (Lipinski definition) is 2. The number of pyridine rings is 1. The lowest BCUT2D eigenvalue weighted by atomic mass is 9.95. The van der Waals surface area contributed by atoms with Gasteiger partial charge in [-0.15, -0.1) is 0 Å². The van der Waals surface area contributed by atoms with Gasteiger partial charge in [0.2, 0.25) is 0 Å². The first-order valence-electron chi connectivity index (χ1n) is 5.79. The van der Waals surface area contributed by atoms with Crippen molar-refractivity contribution in [2.24, 2.45) is 5.92 Å². The van der Waals surface area contributed by atoms with Gasteiger partial charge in [-0.2, -0.15) is 0 Å². The van der Waals surface area contributed by atoms with Crippen LogP contribution in [0.2, 0.25) is 0 Å². The van der Waals surface area contributed by atoms with Crippen molar-refractivity contribution in [2.75, 3.05) is 0 Å². The molecule has 1 aromatic heterocycles. The zero-order valence-corrected chi connectivity index (χ0v) is 9.69. The molecule has 1 N–H and O–H groups in total. The van der Waals surface area contributed by atoms with E-state index >= 15 is 0 Å². The van der Waals surface area contributed by atoms with Crippen molar-refractivity contribution < 1.29 is 5.11 Å². The molecule has 0 amide bonds. The van der Waals surface area contributed by atoms with Crippen LogP contribution in [0, 0.1) is 5.92 Å². The van der Waals surface area contributed by atoms with Crippen LogP contribution in [0.15, 0.2) is 24.5 Å². The first-order chi connectivity index (χ1) is 7.22. The minimum atomic E-state index is -0.214. The third-order valence-electron chi connectivity index (χ3n) is 2.68. The van der Waals surface area contributed by atoms with Gasteiger partial charge in [-0.1, -0.05) is 26.7 Å². The summed E-state index contributed by atoms with van der Waals surface area (Å²) in [6, 6.07) is 3.93. The Balaban J connectivity index is 2.33. The monoisotopic (exact) mass is 207 g/mol. The fourth-order valence-electron chi connectivity index (χ4n) is 1.95. The first-order valence-corrected chi connectivity index (χ1v) is 5.79. The second kappa shape index (κ2) is 6.57. The van der Waals surface area contributed by atoms with E-state index in [1.807, 2.05) is 12.1 Å². The van der Waals surface area contributed by atoms with Crippen molar-refractivity contribution >= 4 is 0 Å². The number of nitrogens with zero attached hydrogens (tertiary/aromatic N) is 1. The zero-order chi connectivity index (χ0) is 11.1. The fourth-order valence-corrected chi connectivity index (χ4v) is 1.95. The summed E-state index contributed by atoms with van der Waals surface area (Å²) >= 11 is 0. The average molecular weight is 207 g/mol. The van der Waals surface area contributed by atoms with Gasteiger partial charge < -0.3 is 5.11 Å². The van der Waals surface area contributed by atoms with Crippen LogP contribution in [-0.2, 0) is 6.42 Å². The molecule has 0 radical (unpaired) electrons. The molecule has 0 saturated heterocycles. The van der Waals surface area contributed by atoms with Crippen LogP contribution in [0.3, 0.4) is 0 Å². The van der Waals surface area contributed by atoms with E-state index < -0.39 is 0 Å². The molecule has 0 aliphatic rings. The predicted molar refractivity (Wildman–Crippen MR) is 62.6 cm³/mol. The van der Waals surface area contributed by atoms with E-state index in [-0.39, 0.29) is 6.10 Å². The van der Waals surface area contributed by atoms with Gasteiger partial charge in [0, 0.05) is 12.4 Å². The molecule has 0 aromatic carbocycles. The summed E-state index contributed by atoms with van der Waals surface area (Å²) in [7, 11) is 0. The summed E-state index contributed by atoms with van der Waals surface area (Å²) in [4.78, 5) is 3.96. The van der Waals surface area contributed by atoms with Crippen molar-refractivity contribution in [1.82, 2.24) is 4.98 Å². The quantitative estimate of drug-likeness (QED) is 0.778. The zero-order valence-electron chi connectivity index (χ0n) is 9.69. The largest absolute Gasteiger partial charge is 0.393 e. The van der Waals surface area contributed by atoms with E-state index in [0.717, 1.165) is 12.8 Å². The van der Waals surface area contributed by atoms with Crippen LogP contribution in [0.25, 0.3) is 0 Å². The Bertz CT molecular complexity index is 260. The average Bonchev–Trinajstić information content (AvgIpc) is 2.19. The van der Waals surface area contributed by atoms with Crippen LogP contribution in [-0.4, -0.2) is 16.2 Å². The van der Waals surface area contributed by atoms with Crippen LogP contribution >= 0.6 is 0 Å². The summed E-state index contributed by atoms with van der Waals surface area (Å²) < 4.78 is 0. The van der Waals surface area contributed by atoms with Crippen LogP contribution < -0.4 is 0 Å². The lowest BCUT2D eigenvalue weighted by Crippen LogP contribution is -2.14. The van der Waals surface area contributed by atoms with Gasteiger partial charge >= 0.3 is 0 Å². The highest BCUT2D eigenvalue weighted by atomic mass is 16.3. The van der Waals surface area contributed by atoms with E-state index in [9.17, 15) is 5.11 Å². The summed E-state index contributed by atoms with van der Waals surface area (Å²) in [6.07, 6.45) is 7.38. The third-order valence-corrected chi connectivity index (χ3v) is 2.68. The lowest BCUT2D eigenvalue weighted by molar-refractivity contribution is 0.143. The van der Waals surface area contributed by atoms with Crippen molar-refractivity contribution in [3.05, 3.63) is 30.1 Å². The number of aliphatic hydroxyl groups excluding tert-OH is 1. The maximum Gasteiger partial charge on any atom is 0.0583 e.